The number of nitrogens with zero attached hydrogens (tertiary/aromatic N) is 1. The number of hydrogen-bond acceptors (Lipinski definition) is 2. The van der Waals surface area contributed by atoms with Crippen LogP contribution in [0.1, 0.15) is 45.1 Å². The third-order valence-electron chi connectivity index (χ3n) is 4.04. The van der Waals surface area contributed by atoms with Gasteiger partial charge in [-0.05, 0) is 30.4 Å². The van der Waals surface area contributed by atoms with Gasteiger partial charge in [-0.1, -0.05) is 26.7 Å². The Hall–Kier alpha value is -1.63. The Kier molecular flexibility index (Phi) is 3.75. The second-order valence-electron chi connectivity index (χ2n) is 5.83. The van der Waals surface area contributed by atoms with Crippen LogP contribution in [-0.4, -0.2) is 6.04 Å². The van der Waals surface area contributed by atoms with Gasteiger partial charge in [0.1, 0.15) is 6.07 Å². The molecule has 4 heteroatoms. The topological polar surface area (TPSA) is 35.8 Å². The summed E-state index contributed by atoms with van der Waals surface area (Å²) in [5.74, 6) is -2.03. The third kappa shape index (κ3) is 2.70. The predicted molar refractivity (Wildman–Crippen MR) is 70.7 cm³/mol. The Morgan fingerprint density at radius 2 is 2.00 bits per heavy atom. The van der Waals surface area contributed by atoms with E-state index in [0.717, 1.165) is 19.3 Å². The van der Waals surface area contributed by atoms with E-state index >= 15 is 0 Å². The second-order valence-corrected chi connectivity index (χ2v) is 5.83. The Labute approximate surface area is 112 Å². The van der Waals surface area contributed by atoms with Gasteiger partial charge in [0.15, 0.2) is 11.6 Å². The summed E-state index contributed by atoms with van der Waals surface area (Å²) in [4.78, 5) is 0. The predicted octanol–water partition coefficient (Wildman–Crippen LogP) is 4.22. The summed E-state index contributed by atoms with van der Waals surface area (Å²) in [5, 5.41) is 11.8. The number of nitrogens with one attached hydrogen (secondary N) is 1. The van der Waals surface area contributed by atoms with Crippen LogP contribution in [-0.2, 0) is 0 Å². The minimum absolute atomic E-state index is 0.0645. The summed E-state index contributed by atoms with van der Waals surface area (Å²) in [5.41, 5.74) is -0.0443. The van der Waals surface area contributed by atoms with Crippen molar-refractivity contribution in [2.24, 2.45) is 5.41 Å². The maximum absolute atomic E-state index is 13.9. The van der Waals surface area contributed by atoms with Gasteiger partial charge in [0.05, 0.1) is 11.3 Å². The van der Waals surface area contributed by atoms with Crippen LogP contribution in [0.15, 0.2) is 12.1 Å². The first-order valence-corrected chi connectivity index (χ1v) is 6.60. The molecule has 0 amide bonds. The fourth-order valence-corrected chi connectivity index (χ4v) is 2.70. The van der Waals surface area contributed by atoms with Crippen LogP contribution in [0.2, 0.25) is 0 Å². The van der Waals surface area contributed by atoms with Gasteiger partial charge in [-0.2, -0.15) is 5.26 Å². The molecule has 0 radical (unpaired) electrons. The molecule has 0 heterocycles. The first kappa shape index (κ1) is 13.8. The molecule has 1 aliphatic carbocycles. The van der Waals surface area contributed by atoms with Crippen molar-refractivity contribution in [2.45, 2.75) is 45.6 Å². The van der Waals surface area contributed by atoms with E-state index in [1.54, 1.807) is 6.07 Å². The van der Waals surface area contributed by atoms with Gasteiger partial charge in [0.25, 0.3) is 0 Å². The number of hydrogen-bond donors (Lipinski definition) is 1. The molecule has 1 aromatic carbocycles. The van der Waals surface area contributed by atoms with Crippen molar-refractivity contribution in [3.8, 4) is 6.07 Å². The maximum Gasteiger partial charge on any atom is 0.183 e. The lowest BCUT2D eigenvalue weighted by Gasteiger charge is -2.39. The molecular formula is C15H18F2N2. The minimum atomic E-state index is -1.07. The molecule has 2 rings (SSSR count). The molecule has 0 aromatic heterocycles. The average molecular weight is 264 g/mol. The lowest BCUT2D eigenvalue weighted by atomic mass is 9.73. The summed E-state index contributed by atoms with van der Waals surface area (Å²) in [7, 11) is 0. The van der Waals surface area contributed by atoms with Crippen molar-refractivity contribution < 1.29 is 8.78 Å². The van der Waals surface area contributed by atoms with E-state index in [9.17, 15) is 8.78 Å². The van der Waals surface area contributed by atoms with E-state index in [-0.39, 0.29) is 22.7 Å². The van der Waals surface area contributed by atoms with Gasteiger partial charge < -0.3 is 5.32 Å². The zero-order valence-corrected chi connectivity index (χ0v) is 11.3. The van der Waals surface area contributed by atoms with E-state index in [0.29, 0.717) is 0 Å². The normalized spacial score (nSPS) is 21.7. The fraction of sp³-hybridized carbons (Fsp3) is 0.533. The van der Waals surface area contributed by atoms with Crippen LogP contribution in [0.4, 0.5) is 14.5 Å². The molecule has 19 heavy (non-hydrogen) atoms. The van der Waals surface area contributed by atoms with Crippen LogP contribution in [0, 0.1) is 28.4 Å². The third-order valence-corrected chi connectivity index (χ3v) is 4.04. The summed E-state index contributed by atoms with van der Waals surface area (Å²) in [6, 6.07) is 4.53. The number of benzene rings is 1. The summed E-state index contributed by atoms with van der Waals surface area (Å²) >= 11 is 0. The molecule has 1 aromatic rings. The summed E-state index contributed by atoms with van der Waals surface area (Å²) < 4.78 is 27.4. The molecule has 1 fully saturated rings. The summed E-state index contributed by atoms with van der Waals surface area (Å²) in [6.45, 7) is 4.28. The fourth-order valence-electron chi connectivity index (χ4n) is 2.70. The largest absolute Gasteiger partial charge is 0.379 e. The molecule has 1 unspecified atom stereocenters. The molecule has 1 aliphatic rings. The molecule has 102 valence electrons. The van der Waals surface area contributed by atoms with Crippen molar-refractivity contribution in [2.75, 3.05) is 5.32 Å². The lowest BCUT2D eigenvalue weighted by molar-refractivity contribution is 0.216. The average Bonchev–Trinajstić information content (AvgIpc) is 2.37. The molecule has 0 aliphatic heterocycles. The highest BCUT2D eigenvalue weighted by molar-refractivity contribution is 5.50. The van der Waals surface area contributed by atoms with Crippen LogP contribution in [0.5, 0.6) is 0 Å². The first-order valence-electron chi connectivity index (χ1n) is 6.60. The Morgan fingerprint density at radius 3 is 2.63 bits per heavy atom. The summed E-state index contributed by atoms with van der Waals surface area (Å²) in [6.07, 6.45) is 4.30. The number of rotatable bonds is 2. The quantitative estimate of drug-likeness (QED) is 0.868. The van der Waals surface area contributed by atoms with Crippen molar-refractivity contribution in [3.63, 3.8) is 0 Å². The molecule has 1 atom stereocenters. The molecular weight excluding hydrogens is 246 g/mol. The molecule has 1 N–H and O–H groups in total. The zero-order chi connectivity index (χ0) is 14.0. The Balaban J connectivity index is 2.24. The Bertz CT molecular complexity index is 518. The molecule has 0 spiro atoms. The van der Waals surface area contributed by atoms with Crippen molar-refractivity contribution in [1.82, 2.24) is 0 Å². The SMILES string of the molecule is CC1(C)CCCCC1Nc1ccc(C#N)c(F)c1F. The highest BCUT2D eigenvalue weighted by Crippen LogP contribution is 2.37. The molecule has 1 saturated carbocycles. The van der Waals surface area contributed by atoms with Gasteiger partial charge >= 0.3 is 0 Å². The number of anilines is 1. The van der Waals surface area contributed by atoms with E-state index in [4.69, 9.17) is 5.26 Å². The van der Waals surface area contributed by atoms with Gasteiger partial charge in [-0.3, -0.25) is 0 Å². The van der Waals surface area contributed by atoms with Crippen LogP contribution in [0.3, 0.4) is 0 Å². The highest BCUT2D eigenvalue weighted by atomic mass is 19.2. The molecule has 0 bridgehead atoms. The highest BCUT2D eigenvalue weighted by Gasteiger charge is 2.32. The van der Waals surface area contributed by atoms with Crippen LogP contribution < -0.4 is 5.32 Å². The van der Waals surface area contributed by atoms with E-state index < -0.39 is 11.6 Å². The van der Waals surface area contributed by atoms with Crippen molar-refractivity contribution >= 4 is 5.69 Å². The van der Waals surface area contributed by atoms with E-state index in [1.165, 1.54) is 18.6 Å². The number of nitriles is 1. The minimum Gasteiger partial charge on any atom is -0.379 e. The van der Waals surface area contributed by atoms with Crippen LogP contribution >= 0.6 is 0 Å². The molecule has 2 nitrogen and oxygen atoms in total. The van der Waals surface area contributed by atoms with Crippen molar-refractivity contribution in [3.05, 3.63) is 29.3 Å². The van der Waals surface area contributed by atoms with Gasteiger partial charge in [0.2, 0.25) is 0 Å². The lowest BCUT2D eigenvalue weighted by Crippen LogP contribution is -2.39. The monoisotopic (exact) mass is 264 g/mol. The zero-order valence-electron chi connectivity index (χ0n) is 11.3. The van der Waals surface area contributed by atoms with E-state index in [1.807, 2.05) is 0 Å². The Morgan fingerprint density at radius 1 is 1.26 bits per heavy atom. The van der Waals surface area contributed by atoms with Gasteiger partial charge in [-0.15, -0.1) is 0 Å². The first-order chi connectivity index (χ1) is 8.95. The number of halogens is 2. The van der Waals surface area contributed by atoms with Gasteiger partial charge in [-0.25, -0.2) is 8.78 Å². The standard InChI is InChI=1S/C15H18F2N2/c1-15(2)8-4-3-5-12(15)19-11-7-6-10(9-18)13(16)14(11)17/h6-7,12,19H,3-5,8H2,1-2H3. The molecule has 0 saturated heterocycles. The van der Waals surface area contributed by atoms with E-state index in [2.05, 4.69) is 19.2 Å². The maximum atomic E-state index is 13.9. The smallest absolute Gasteiger partial charge is 0.183 e. The van der Waals surface area contributed by atoms with Crippen molar-refractivity contribution in [1.29, 1.82) is 5.26 Å². The second kappa shape index (κ2) is 5.16. The van der Waals surface area contributed by atoms with Gasteiger partial charge in [0, 0.05) is 6.04 Å². The van der Waals surface area contributed by atoms with Crippen LogP contribution in [0.25, 0.3) is 0 Å².